The van der Waals surface area contributed by atoms with E-state index < -0.39 is 2.14 Å². The Morgan fingerprint density at radius 3 is 2.15 bits per heavy atom. The SMILES string of the molecule is CC1(C)[C@H](C(=O)OCN2C(=O)C3=C(CCCC3)C2=O)[C@@H]1C(Br)C(Br)(Br)Br. The maximum atomic E-state index is 12.6. The molecule has 0 aromatic heterocycles. The van der Waals surface area contributed by atoms with E-state index in [0.29, 0.717) is 24.0 Å². The number of carbonyl (C=O) groups excluding carboxylic acids is 3. The second-order valence-electron chi connectivity index (χ2n) is 7.56. The summed E-state index contributed by atoms with van der Waals surface area (Å²) in [6, 6.07) is 0. The Balaban J connectivity index is 1.62. The number of carbonyl (C=O) groups is 3. The van der Waals surface area contributed by atoms with Crippen LogP contribution in [0.5, 0.6) is 0 Å². The molecule has 1 heterocycles. The topological polar surface area (TPSA) is 63.7 Å². The van der Waals surface area contributed by atoms with Crippen molar-refractivity contribution in [3.05, 3.63) is 11.1 Å². The molecule has 1 unspecified atom stereocenters. The molecule has 0 aromatic carbocycles. The Kier molecular flexibility index (Phi) is 5.86. The Bertz CT molecular complexity index is 669. The monoisotopic (exact) mass is 617 g/mol. The molecule has 0 spiro atoms. The third-order valence-electron chi connectivity index (χ3n) is 5.60. The first-order valence-corrected chi connectivity index (χ1v) is 11.7. The van der Waals surface area contributed by atoms with Gasteiger partial charge in [-0.15, -0.1) is 0 Å². The molecular weight excluding hydrogens is 602 g/mol. The van der Waals surface area contributed by atoms with E-state index in [9.17, 15) is 14.4 Å². The summed E-state index contributed by atoms with van der Waals surface area (Å²) in [5.41, 5.74) is 0.956. The van der Waals surface area contributed by atoms with Crippen LogP contribution in [-0.2, 0) is 19.1 Å². The normalized spacial score (nSPS) is 28.9. The molecule has 1 aliphatic heterocycles. The molecule has 0 aromatic rings. The van der Waals surface area contributed by atoms with E-state index in [1.54, 1.807) is 0 Å². The fourth-order valence-electron chi connectivity index (χ4n) is 4.01. The maximum Gasteiger partial charge on any atom is 0.311 e. The summed E-state index contributed by atoms with van der Waals surface area (Å²) in [6.45, 7) is 3.70. The average Bonchev–Trinajstić information content (AvgIpc) is 3.05. The Morgan fingerprint density at radius 1 is 1.19 bits per heavy atom. The molecule has 0 N–H and O–H groups in total. The zero-order valence-electron chi connectivity index (χ0n) is 14.4. The van der Waals surface area contributed by atoms with Crippen LogP contribution in [0.2, 0.25) is 0 Å². The molecule has 0 saturated heterocycles. The van der Waals surface area contributed by atoms with Crippen molar-refractivity contribution in [1.29, 1.82) is 0 Å². The largest absolute Gasteiger partial charge is 0.443 e. The molecule has 26 heavy (non-hydrogen) atoms. The average molecular weight is 621 g/mol. The summed E-state index contributed by atoms with van der Waals surface area (Å²) in [4.78, 5) is 38.4. The van der Waals surface area contributed by atoms with Crippen LogP contribution in [0.1, 0.15) is 39.5 Å². The van der Waals surface area contributed by atoms with Crippen LogP contribution in [0, 0.1) is 17.3 Å². The van der Waals surface area contributed by atoms with Crippen molar-refractivity contribution < 1.29 is 19.1 Å². The first-order chi connectivity index (χ1) is 12.0. The summed E-state index contributed by atoms with van der Waals surface area (Å²) in [6.07, 6.45) is 3.11. The second-order valence-corrected chi connectivity index (χ2v) is 15.5. The molecule has 2 aliphatic carbocycles. The van der Waals surface area contributed by atoms with E-state index in [2.05, 4.69) is 63.7 Å². The number of hydrogen-bond donors (Lipinski definition) is 0. The molecule has 1 fully saturated rings. The number of amides is 2. The number of esters is 1. The van der Waals surface area contributed by atoms with Gasteiger partial charge in [0.1, 0.15) is 2.14 Å². The molecule has 3 aliphatic rings. The highest BCUT2D eigenvalue weighted by molar-refractivity contribution is 9.40. The number of imide groups is 1. The summed E-state index contributed by atoms with van der Waals surface area (Å²) < 4.78 is 4.84. The lowest BCUT2D eigenvalue weighted by molar-refractivity contribution is -0.156. The lowest BCUT2D eigenvalue weighted by Crippen LogP contribution is -2.35. The van der Waals surface area contributed by atoms with Gasteiger partial charge < -0.3 is 4.74 Å². The van der Waals surface area contributed by atoms with Crippen LogP contribution in [0.15, 0.2) is 11.1 Å². The number of ether oxygens (including phenoxy) is 1. The van der Waals surface area contributed by atoms with Gasteiger partial charge in [-0.1, -0.05) is 77.6 Å². The number of alkyl halides is 4. The summed E-state index contributed by atoms with van der Waals surface area (Å²) in [5.74, 6) is -1.27. The molecule has 3 rings (SSSR count). The van der Waals surface area contributed by atoms with Crippen molar-refractivity contribution in [2.75, 3.05) is 6.73 Å². The van der Waals surface area contributed by atoms with Gasteiger partial charge in [0.2, 0.25) is 0 Å². The van der Waals surface area contributed by atoms with Gasteiger partial charge in [-0.2, -0.15) is 0 Å². The minimum Gasteiger partial charge on any atom is -0.443 e. The highest BCUT2D eigenvalue weighted by Gasteiger charge is 2.67. The Hall–Kier alpha value is 0.270. The van der Waals surface area contributed by atoms with Gasteiger partial charge in [0.25, 0.3) is 11.8 Å². The number of rotatable bonds is 4. The molecule has 3 atom stereocenters. The molecule has 0 bridgehead atoms. The van der Waals surface area contributed by atoms with Crippen molar-refractivity contribution >= 4 is 81.5 Å². The predicted octanol–water partition coefficient (Wildman–Crippen LogP) is 4.60. The van der Waals surface area contributed by atoms with Gasteiger partial charge in [0.05, 0.1) is 10.7 Å². The van der Waals surface area contributed by atoms with Gasteiger partial charge in [0, 0.05) is 11.1 Å². The van der Waals surface area contributed by atoms with Crippen molar-refractivity contribution in [3.8, 4) is 0 Å². The minimum absolute atomic E-state index is 0.0319. The van der Waals surface area contributed by atoms with Crippen LogP contribution in [0.3, 0.4) is 0 Å². The molecular formula is C17H19Br4NO4. The van der Waals surface area contributed by atoms with Gasteiger partial charge in [-0.25, -0.2) is 4.90 Å². The third-order valence-corrected chi connectivity index (χ3v) is 10.2. The van der Waals surface area contributed by atoms with Crippen molar-refractivity contribution in [2.45, 2.75) is 46.5 Å². The van der Waals surface area contributed by atoms with Crippen LogP contribution >= 0.6 is 63.7 Å². The number of nitrogens with zero attached hydrogens (tertiary/aromatic N) is 1. The molecule has 144 valence electrons. The second kappa shape index (κ2) is 7.26. The van der Waals surface area contributed by atoms with Crippen LogP contribution in [0.25, 0.3) is 0 Å². The lowest BCUT2D eigenvalue weighted by atomic mass is 9.93. The third kappa shape index (κ3) is 3.62. The standard InChI is InChI=1S/C17H19Br4NO4/c1-16(2)10(12(18)17(19,20)21)11(16)15(25)26-7-22-13(23)8-5-3-4-6-9(8)14(22)24/h10-12H,3-7H2,1-2H3/t10-,11+,12?/m1/s1. The van der Waals surface area contributed by atoms with Crippen molar-refractivity contribution in [3.63, 3.8) is 0 Å². The van der Waals surface area contributed by atoms with Gasteiger partial charge >= 0.3 is 5.97 Å². The molecule has 2 amide bonds. The van der Waals surface area contributed by atoms with Crippen LogP contribution in [0.4, 0.5) is 0 Å². The quantitative estimate of drug-likeness (QED) is 0.262. The highest BCUT2D eigenvalue weighted by atomic mass is 80.0. The molecule has 1 saturated carbocycles. The molecule has 0 radical (unpaired) electrons. The first kappa shape index (κ1) is 21.0. The smallest absolute Gasteiger partial charge is 0.311 e. The minimum atomic E-state index is -0.534. The van der Waals surface area contributed by atoms with Gasteiger partial charge in [-0.3, -0.25) is 14.4 Å². The lowest BCUT2D eigenvalue weighted by Gasteiger charge is -2.21. The van der Waals surface area contributed by atoms with Gasteiger partial charge in [0.15, 0.2) is 6.73 Å². The molecule has 5 nitrogen and oxygen atoms in total. The van der Waals surface area contributed by atoms with Crippen LogP contribution in [-0.4, -0.2) is 36.4 Å². The fourth-order valence-corrected chi connectivity index (χ4v) is 5.85. The Morgan fingerprint density at radius 2 is 1.69 bits per heavy atom. The predicted molar refractivity (Wildman–Crippen MR) is 111 cm³/mol. The summed E-state index contributed by atoms with van der Waals surface area (Å²) in [7, 11) is 0. The zero-order valence-corrected chi connectivity index (χ0v) is 20.7. The number of hydrogen-bond acceptors (Lipinski definition) is 4. The van der Waals surface area contributed by atoms with E-state index in [0.717, 1.165) is 17.7 Å². The molecule has 9 heteroatoms. The summed E-state index contributed by atoms with van der Waals surface area (Å²) >= 11 is 14.1. The maximum absolute atomic E-state index is 12.6. The van der Waals surface area contributed by atoms with E-state index >= 15 is 0 Å². The zero-order chi connectivity index (χ0) is 19.4. The fraction of sp³-hybridized carbons (Fsp3) is 0.706. The van der Waals surface area contributed by atoms with Gasteiger partial charge in [-0.05, 0) is 37.0 Å². The van der Waals surface area contributed by atoms with E-state index in [1.165, 1.54) is 0 Å². The van der Waals surface area contributed by atoms with Crippen molar-refractivity contribution in [2.24, 2.45) is 17.3 Å². The van der Waals surface area contributed by atoms with E-state index in [1.807, 2.05) is 13.8 Å². The first-order valence-electron chi connectivity index (χ1n) is 8.43. The van der Waals surface area contributed by atoms with E-state index in [-0.39, 0.29) is 46.6 Å². The number of halogens is 4. The Labute approximate surface area is 186 Å². The van der Waals surface area contributed by atoms with Crippen LogP contribution < -0.4 is 0 Å². The van der Waals surface area contributed by atoms with E-state index in [4.69, 9.17) is 4.74 Å². The highest BCUT2D eigenvalue weighted by Crippen LogP contribution is 2.66. The summed E-state index contributed by atoms with van der Waals surface area (Å²) in [5, 5.41) is 0. The van der Waals surface area contributed by atoms with Crippen molar-refractivity contribution in [1.82, 2.24) is 4.90 Å².